The second-order valence-corrected chi connectivity index (χ2v) is 7.77. The predicted octanol–water partition coefficient (Wildman–Crippen LogP) is 3.78. The molecule has 1 fully saturated rings. The molecule has 5 nitrogen and oxygen atoms in total. The van der Waals surface area contributed by atoms with Gasteiger partial charge in [0.2, 0.25) is 0 Å². The highest BCUT2D eigenvalue weighted by Crippen LogP contribution is 2.28. The molecule has 8 heteroatoms. The summed E-state index contributed by atoms with van der Waals surface area (Å²) in [5, 5.41) is 13.2. The summed E-state index contributed by atoms with van der Waals surface area (Å²) in [6.07, 6.45) is -0.204. The van der Waals surface area contributed by atoms with E-state index in [1.807, 2.05) is 17.5 Å². The first-order valence-corrected chi connectivity index (χ1v) is 9.84. The van der Waals surface area contributed by atoms with Crippen LogP contribution in [0.2, 0.25) is 10.0 Å². The molecule has 2 atom stereocenters. The molecule has 1 aromatic heterocycles. The van der Waals surface area contributed by atoms with Crippen LogP contribution in [0.25, 0.3) is 0 Å². The van der Waals surface area contributed by atoms with Crippen LogP contribution < -0.4 is 4.74 Å². The largest absolute Gasteiger partial charge is 0.482 e. The Kier molecular flexibility index (Phi) is 6.78. The van der Waals surface area contributed by atoms with Crippen LogP contribution in [0.3, 0.4) is 0 Å². The van der Waals surface area contributed by atoms with Crippen molar-refractivity contribution in [3.05, 3.63) is 50.6 Å². The zero-order chi connectivity index (χ0) is 18.5. The number of morpholine rings is 1. The molecule has 0 bridgehead atoms. The molecule has 0 unspecified atom stereocenters. The number of rotatable bonds is 6. The molecular formula is C18H19Cl2NO4S. The van der Waals surface area contributed by atoms with E-state index in [-0.39, 0.29) is 18.6 Å². The minimum Gasteiger partial charge on any atom is -0.482 e. The maximum absolute atomic E-state index is 12.6. The van der Waals surface area contributed by atoms with Gasteiger partial charge in [-0.1, -0.05) is 29.3 Å². The van der Waals surface area contributed by atoms with Crippen molar-refractivity contribution in [2.24, 2.45) is 0 Å². The van der Waals surface area contributed by atoms with Crippen LogP contribution >= 0.6 is 34.5 Å². The van der Waals surface area contributed by atoms with Gasteiger partial charge in [-0.15, -0.1) is 11.3 Å². The Bertz CT molecular complexity index is 741. The minimum absolute atomic E-state index is 0.147. The van der Waals surface area contributed by atoms with E-state index in [4.69, 9.17) is 32.7 Å². The van der Waals surface area contributed by atoms with E-state index in [9.17, 15) is 9.90 Å². The predicted molar refractivity (Wildman–Crippen MR) is 102 cm³/mol. The number of halogens is 2. The minimum atomic E-state index is -0.625. The van der Waals surface area contributed by atoms with E-state index < -0.39 is 6.10 Å². The van der Waals surface area contributed by atoms with E-state index in [1.54, 1.807) is 23.1 Å². The second-order valence-electron chi connectivity index (χ2n) is 5.95. The van der Waals surface area contributed by atoms with Crippen LogP contribution in [-0.2, 0) is 9.53 Å². The Morgan fingerprint density at radius 2 is 2.27 bits per heavy atom. The summed E-state index contributed by atoms with van der Waals surface area (Å²) in [5.74, 6) is 0.198. The molecule has 26 heavy (non-hydrogen) atoms. The number of hydrogen-bond donors (Lipinski definition) is 1. The summed E-state index contributed by atoms with van der Waals surface area (Å²) in [6.45, 7) is 1.18. The molecule has 3 rings (SSSR count). The van der Waals surface area contributed by atoms with Crippen molar-refractivity contribution >= 4 is 40.4 Å². The highest BCUT2D eigenvalue weighted by molar-refractivity contribution is 7.10. The molecule has 1 aromatic carbocycles. The molecule has 2 heterocycles. The zero-order valence-electron chi connectivity index (χ0n) is 13.9. The fraction of sp³-hybridized carbons (Fsp3) is 0.389. The lowest BCUT2D eigenvalue weighted by molar-refractivity contribution is -0.143. The fourth-order valence-electron chi connectivity index (χ4n) is 2.84. The van der Waals surface area contributed by atoms with Crippen LogP contribution in [0.4, 0.5) is 0 Å². The van der Waals surface area contributed by atoms with Gasteiger partial charge in [0.25, 0.3) is 5.91 Å². The maximum Gasteiger partial charge on any atom is 0.260 e. The Morgan fingerprint density at radius 3 is 3.04 bits per heavy atom. The van der Waals surface area contributed by atoms with Crippen molar-refractivity contribution in [3.63, 3.8) is 0 Å². The molecule has 1 amide bonds. The molecule has 0 spiro atoms. The van der Waals surface area contributed by atoms with E-state index in [2.05, 4.69) is 0 Å². The lowest BCUT2D eigenvalue weighted by Gasteiger charge is -2.36. The lowest BCUT2D eigenvalue weighted by atomic mass is 10.1. The monoisotopic (exact) mass is 415 g/mol. The molecule has 2 aromatic rings. The standard InChI is InChI=1S/C18H19Cl2NO4S/c19-12-3-4-14(20)16(8-12)25-11-18(23)21-5-6-24-10-13(21)9-15(22)17-2-1-7-26-17/h1-4,7-8,13,15,22H,5-6,9-11H2/t13-,15-/m0/s1. The number of hydrogen-bond acceptors (Lipinski definition) is 5. The number of carbonyl (C=O) groups is 1. The van der Waals surface area contributed by atoms with Crippen molar-refractivity contribution in [2.45, 2.75) is 18.6 Å². The number of amides is 1. The van der Waals surface area contributed by atoms with E-state index >= 15 is 0 Å². The Labute approximate surface area is 166 Å². The van der Waals surface area contributed by atoms with Crippen molar-refractivity contribution in [1.82, 2.24) is 4.90 Å². The molecule has 1 aliphatic rings. The fourth-order valence-corrected chi connectivity index (χ4v) is 3.90. The van der Waals surface area contributed by atoms with Crippen LogP contribution in [0.5, 0.6) is 5.75 Å². The van der Waals surface area contributed by atoms with Crippen LogP contribution in [0, 0.1) is 0 Å². The van der Waals surface area contributed by atoms with E-state index in [0.717, 1.165) is 4.88 Å². The second kappa shape index (κ2) is 9.06. The molecule has 140 valence electrons. The molecule has 1 saturated heterocycles. The Hall–Kier alpha value is -1.31. The van der Waals surface area contributed by atoms with Gasteiger partial charge in [-0.05, 0) is 23.6 Å². The first kappa shape index (κ1) is 19.5. The van der Waals surface area contributed by atoms with Crippen molar-refractivity contribution < 1.29 is 19.4 Å². The van der Waals surface area contributed by atoms with Gasteiger partial charge in [-0.3, -0.25) is 4.79 Å². The van der Waals surface area contributed by atoms with Gasteiger partial charge in [0.15, 0.2) is 6.61 Å². The average molecular weight is 416 g/mol. The third-order valence-corrected chi connectivity index (χ3v) is 5.68. The molecule has 1 aliphatic heterocycles. The average Bonchev–Trinajstić information content (AvgIpc) is 3.17. The number of carbonyl (C=O) groups excluding carboxylic acids is 1. The summed E-state index contributed by atoms with van der Waals surface area (Å²) < 4.78 is 11.0. The van der Waals surface area contributed by atoms with Crippen molar-refractivity contribution in [3.8, 4) is 5.75 Å². The summed E-state index contributed by atoms with van der Waals surface area (Å²) in [4.78, 5) is 15.2. The summed E-state index contributed by atoms with van der Waals surface area (Å²) >= 11 is 13.5. The number of thiophene rings is 1. The first-order valence-electron chi connectivity index (χ1n) is 8.21. The molecule has 0 saturated carbocycles. The summed E-state index contributed by atoms with van der Waals surface area (Å²) in [6, 6.07) is 8.43. The van der Waals surface area contributed by atoms with Crippen molar-refractivity contribution in [2.75, 3.05) is 26.4 Å². The van der Waals surface area contributed by atoms with Gasteiger partial charge in [-0.2, -0.15) is 0 Å². The van der Waals surface area contributed by atoms with Gasteiger partial charge >= 0.3 is 0 Å². The third kappa shape index (κ3) is 4.90. The van der Waals surface area contributed by atoms with Crippen LogP contribution in [0.1, 0.15) is 17.4 Å². The number of aliphatic hydroxyl groups excluding tert-OH is 1. The highest BCUT2D eigenvalue weighted by Gasteiger charge is 2.30. The highest BCUT2D eigenvalue weighted by atomic mass is 35.5. The quantitative estimate of drug-likeness (QED) is 0.779. The lowest BCUT2D eigenvalue weighted by Crippen LogP contribution is -2.50. The van der Waals surface area contributed by atoms with E-state index in [1.165, 1.54) is 11.3 Å². The molecule has 1 N–H and O–H groups in total. The summed E-state index contributed by atoms with van der Waals surface area (Å²) in [5.41, 5.74) is 0. The zero-order valence-corrected chi connectivity index (χ0v) is 16.3. The van der Waals surface area contributed by atoms with Gasteiger partial charge in [0, 0.05) is 28.9 Å². The topological polar surface area (TPSA) is 59.0 Å². The third-order valence-electron chi connectivity index (χ3n) is 4.16. The van der Waals surface area contributed by atoms with Crippen LogP contribution in [-0.4, -0.2) is 48.3 Å². The van der Waals surface area contributed by atoms with Crippen molar-refractivity contribution in [1.29, 1.82) is 0 Å². The molecule has 0 aliphatic carbocycles. The summed E-state index contributed by atoms with van der Waals surface area (Å²) in [7, 11) is 0. The maximum atomic E-state index is 12.6. The normalized spacial score (nSPS) is 18.6. The van der Waals surface area contributed by atoms with Gasteiger partial charge in [0.05, 0.1) is 30.4 Å². The number of ether oxygens (including phenoxy) is 2. The Morgan fingerprint density at radius 1 is 1.42 bits per heavy atom. The van der Waals surface area contributed by atoms with Gasteiger partial charge in [-0.25, -0.2) is 0 Å². The van der Waals surface area contributed by atoms with Gasteiger partial charge < -0.3 is 19.5 Å². The SMILES string of the molecule is O=C(COc1cc(Cl)ccc1Cl)N1CCOC[C@@H]1C[C@H](O)c1cccs1. The number of aliphatic hydroxyl groups is 1. The smallest absolute Gasteiger partial charge is 0.260 e. The number of benzene rings is 1. The first-order chi connectivity index (χ1) is 12.5. The molecule has 0 radical (unpaired) electrons. The molecular weight excluding hydrogens is 397 g/mol. The Balaban J connectivity index is 1.61. The van der Waals surface area contributed by atoms with E-state index in [0.29, 0.717) is 42.0 Å². The van der Waals surface area contributed by atoms with Gasteiger partial charge in [0.1, 0.15) is 5.75 Å². The van der Waals surface area contributed by atoms with Crippen LogP contribution in [0.15, 0.2) is 35.7 Å². The number of nitrogens with zero attached hydrogens (tertiary/aromatic N) is 1.